The van der Waals surface area contributed by atoms with Crippen molar-refractivity contribution in [2.75, 3.05) is 39.3 Å². The molecular weight excluding hydrogens is 246 g/mol. The Bertz CT molecular complexity index is 482. The van der Waals surface area contributed by atoms with E-state index in [4.69, 9.17) is 5.73 Å². The Balaban J connectivity index is 1.90. The van der Waals surface area contributed by atoms with E-state index in [9.17, 15) is 4.79 Å². The van der Waals surface area contributed by atoms with Gasteiger partial charge in [0.05, 0.1) is 5.41 Å². The lowest BCUT2D eigenvalue weighted by molar-refractivity contribution is -0.139. The van der Waals surface area contributed by atoms with Crippen LogP contribution in [0.25, 0.3) is 0 Å². The number of carbonyl (C=O) groups excluding carboxylic acids is 1. The molecule has 4 aliphatic heterocycles. The number of nitrogens with zero attached hydrogens (tertiary/aromatic N) is 2. The molecule has 5 heterocycles. The van der Waals surface area contributed by atoms with Gasteiger partial charge < -0.3 is 5.73 Å². The fourth-order valence-electron chi connectivity index (χ4n) is 3.95. The summed E-state index contributed by atoms with van der Waals surface area (Å²) in [5.41, 5.74) is 5.41. The van der Waals surface area contributed by atoms with Crippen LogP contribution in [0.15, 0.2) is 17.5 Å². The summed E-state index contributed by atoms with van der Waals surface area (Å²) in [4.78, 5) is 18.9. The smallest absolute Gasteiger partial charge is 0.169 e. The van der Waals surface area contributed by atoms with Crippen LogP contribution >= 0.6 is 11.3 Å². The summed E-state index contributed by atoms with van der Waals surface area (Å²) >= 11 is 1.69. The number of hydrogen-bond donors (Lipinski definition) is 1. The van der Waals surface area contributed by atoms with Crippen molar-refractivity contribution in [1.82, 2.24) is 9.80 Å². The van der Waals surface area contributed by atoms with E-state index < -0.39 is 5.54 Å². The van der Waals surface area contributed by atoms with Gasteiger partial charge >= 0.3 is 0 Å². The number of rotatable bonds is 1. The van der Waals surface area contributed by atoms with Gasteiger partial charge in [0.15, 0.2) is 5.78 Å². The highest BCUT2D eigenvalue weighted by Crippen LogP contribution is 2.42. The molecule has 96 valence electrons. The molecule has 4 nitrogen and oxygen atoms in total. The summed E-state index contributed by atoms with van der Waals surface area (Å²) in [6.07, 6.45) is 0. The average molecular weight is 263 g/mol. The number of ketones is 1. The first kappa shape index (κ1) is 11.1. The van der Waals surface area contributed by atoms with Crippen molar-refractivity contribution in [3.8, 4) is 0 Å². The van der Waals surface area contributed by atoms with Crippen LogP contribution in [0, 0.1) is 0 Å². The minimum atomic E-state index is -0.656. The minimum absolute atomic E-state index is 0.270. The highest BCUT2D eigenvalue weighted by Gasteiger charge is 2.60. The molecule has 2 atom stereocenters. The van der Waals surface area contributed by atoms with Crippen LogP contribution in [0.2, 0.25) is 0 Å². The van der Waals surface area contributed by atoms with Crippen molar-refractivity contribution in [3.05, 3.63) is 22.4 Å². The van der Waals surface area contributed by atoms with Crippen LogP contribution in [-0.4, -0.2) is 60.4 Å². The Labute approximate surface area is 110 Å². The second kappa shape index (κ2) is 3.42. The van der Waals surface area contributed by atoms with Gasteiger partial charge in [-0.1, -0.05) is 6.07 Å². The average Bonchev–Trinajstić information content (AvgIpc) is 2.75. The summed E-state index contributed by atoms with van der Waals surface area (Å²) in [7, 11) is 0. The Hall–Kier alpha value is -0.750. The van der Waals surface area contributed by atoms with Crippen LogP contribution < -0.4 is 5.73 Å². The molecule has 2 N–H and O–H groups in total. The zero-order valence-corrected chi connectivity index (χ0v) is 11.1. The Morgan fingerprint density at radius 1 is 1.17 bits per heavy atom. The lowest BCUT2D eigenvalue weighted by Crippen LogP contribution is -2.76. The van der Waals surface area contributed by atoms with E-state index in [1.54, 1.807) is 11.3 Å². The monoisotopic (exact) mass is 263 g/mol. The molecule has 1 aromatic rings. The Kier molecular flexibility index (Phi) is 2.11. The van der Waals surface area contributed by atoms with Crippen molar-refractivity contribution >= 4 is 17.1 Å². The third-order valence-electron chi connectivity index (χ3n) is 4.61. The number of piperidine rings is 2. The van der Waals surface area contributed by atoms with Gasteiger partial charge in [0.25, 0.3) is 0 Å². The van der Waals surface area contributed by atoms with Gasteiger partial charge in [0.2, 0.25) is 0 Å². The summed E-state index contributed by atoms with van der Waals surface area (Å²) in [5.74, 6) is 0.270. The van der Waals surface area contributed by atoms with Crippen LogP contribution in [-0.2, 0) is 10.2 Å². The molecule has 0 aromatic carbocycles. The lowest BCUT2D eigenvalue weighted by Gasteiger charge is -2.52. The minimum Gasteiger partial charge on any atom is -0.317 e. The van der Waals surface area contributed by atoms with Crippen LogP contribution in [0.1, 0.15) is 4.88 Å². The maximum atomic E-state index is 12.9. The molecule has 4 aliphatic rings. The number of hydrogen-bond acceptors (Lipinski definition) is 5. The molecule has 2 unspecified atom stereocenters. The van der Waals surface area contributed by atoms with Gasteiger partial charge in [0.1, 0.15) is 5.54 Å². The number of nitrogens with two attached hydrogens (primary N) is 1. The largest absolute Gasteiger partial charge is 0.317 e. The van der Waals surface area contributed by atoms with Crippen molar-refractivity contribution in [2.24, 2.45) is 5.73 Å². The quantitative estimate of drug-likeness (QED) is 0.768. The van der Waals surface area contributed by atoms with Gasteiger partial charge in [-0.2, -0.15) is 0 Å². The van der Waals surface area contributed by atoms with E-state index in [-0.39, 0.29) is 11.2 Å². The van der Waals surface area contributed by atoms with Crippen molar-refractivity contribution in [1.29, 1.82) is 0 Å². The van der Waals surface area contributed by atoms with Gasteiger partial charge in [-0.25, -0.2) is 0 Å². The normalized spacial score (nSPS) is 46.4. The summed E-state index contributed by atoms with van der Waals surface area (Å²) in [6.45, 7) is 5.24. The molecule has 0 amide bonds. The zero-order chi connectivity index (χ0) is 12.4. The van der Waals surface area contributed by atoms with E-state index in [1.165, 1.54) is 4.88 Å². The van der Waals surface area contributed by atoms with Crippen LogP contribution in [0.5, 0.6) is 0 Å². The third kappa shape index (κ3) is 1.28. The highest BCUT2D eigenvalue weighted by molar-refractivity contribution is 7.10. The van der Waals surface area contributed by atoms with E-state index in [0.29, 0.717) is 0 Å². The van der Waals surface area contributed by atoms with E-state index in [2.05, 4.69) is 21.2 Å². The zero-order valence-electron chi connectivity index (χ0n) is 10.3. The summed E-state index contributed by atoms with van der Waals surface area (Å²) < 4.78 is 0. The topological polar surface area (TPSA) is 49.6 Å². The van der Waals surface area contributed by atoms with E-state index in [0.717, 1.165) is 39.3 Å². The van der Waals surface area contributed by atoms with Crippen molar-refractivity contribution in [3.63, 3.8) is 0 Å². The van der Waals surface area contributed by atoms with E-state index in [1.807, 2.05) is 6.07 Å². The lowest BCUT2D eigenvalue weighted by atomic mass is 9.67. The molecular formula is C13H17N3OS. The van der Waals surface area contributed by atoms with Crippen LogP contribution in [0.3, 0.4) is 0 Å². The molecule has 1 aromatic heterocycles. The van der Waals surface area contributed by atoms with Gasteiger partial charge in [-0.15, -0.1) is 11.3 Å². The SMILES string of the molecule is NC12CN3CCN(C1)CC(c1cccs1)(C3)C2=O. The third-order valence-corrected chi connectivity index (χ3v) is 5.68. The molecule has 5 heteroatoms. The molecule has 0 saturated carbocycles. The summed E-state index contributed by atoms with van der Waals surface area (Å²) in [6, 6.07) is 4.14. The molecule has 4 saturated heterocycles. The second-order valence-corrected chi connectivity index (χ2v) is 6.91. The first-order valence-corrected chi connectivity index (χ1v) is 7.33. The predicted molar refractivity (Wildman–Crippen MR) is 70.8 cm³/mol. The van der Waals surface area contributed by atoms with Crippen molar-refractivity contribution < 1.29 is 4.79 Å². The fraction of sp³-hybridized carbons (Fsp3) is 0.615. The molecule has 5 rings (SSSR count). The number of fused-ring (bicyclic) bond motifs is 1. The van der Waals surface area contributed by atoms with Gasteiger partial charge in [-0.3, -0.25) is 14.6 Å². The fourth-order valence-corrected chi connectivity index (χ4v) is 4.86. The standard InChI is InChI=1S/C13H17N3OS/c14-13-8-15-3-4-16(9-13)7-12(6-15,11(13)17)10-2-1-5-18-10/h1-2,5H,3-4,6-9,14H2. The Morgan fingerprint density at radius 3 is 2.39 bits per heavy atom. The van der Waals surface area contributed by atoms with Gasteiger partial charge in [0, 0.05) is 44.1 Å². The van der Waals surface area contributed by atoms with Gasteiger partial charge in [-0.05, 0) is 11.4 Å². The van der Waals surface area contributed by atoms with E-state index >= 15 is 0 Å². The first-order chi connectivity index (χ1) is 8.62. The highest BCUT2D eigenvalue weighted by atomic mass is 32.1. The van der Waals surface area contributed by atoms with Crippen LogP contribution in [0.4, 0.5) is 0 Å². The number of carbonyl (C=O) groups is 1. The Morgan fingerprint density at radius 2 is 1.83 bits per heavy atom. The molecule has 0 radical (unpaired) electrons. The molecule has 4 bridgehead atoms. The summed E-state index contributed by atoms with van der Waals surface area (Å²) in [5, 5.41) is 2.06. The molecule has 0 spiro atoms. The maximum Gasteiger partial charge on any atom is 0.169 e. The molecule has 0 aliphatic carbocycles. The van der Waals surface area contributed by atoms with Crippen molar-refractivity contribution in [2.45, 2.75) is 11.0 Å². The first-order valence-electron chi connectivity index (χ1n) is 6.45. The number of Topliss-reactive ketones (excluding diaryl/α,β-unsaturated/α-hetero) is 1. The predicted octanol–water partition coefficient (Wildman–Crippen LogP) is -0.103. The maximum absolute atomic E-state index is 12.9. The second-order valence-electron chi connectivity index (χ2n) is 5.97. The molecule has 4 fully saturated rings. The number of thiophene rings is 1. The molecule has 18 heavy (non-hydrogen) atoms.